The van der Waals surface area contributed by atoms with Crippen molar-refractivity contribution in [1.29, 1.82) is 0 Å². The van der Waals surface area contributed by atoms with Crippen molar-refractivity contribution in [2.75, 3.05) is 11.9 Å². The SMILES string of the molecule is CCc1nnc(NC(=O)CN2C(=O)C(C)SC2=S)s1. The Hall–Kier alpha value is -1.06. The van der Waals surface area contributed by atoms with Crippen LogP contribution in [-0.2, 0) is 16.0 Å². The lowest BCUT2D eigenvalue weighted by molar-refractivity contribution is -0.129. The average molecular weight is 316 g/mol. The molecule has 0 radical (unpaired) electrons. The van der Waals surface area contributed by atoms with Gasteiger partial charge in [-0.15, -0.1) is 10.2 Å². The second-order valence-corrected chi connectivity index (χ2v) is 6.89. The Morgan fingerprint density at radius 3 is 2.79 bits per heavy atom. The summed E-state index contributed by atoms with van der Waals surface area (Å²) in [7, 11) is 0. The van der Waals surface area contributed by atoms with Gasteiger partial charge >= 0.3 is 0 Å². The molecule has 1 aromatic rings. The van der Waals surface area contributed by atoms with Crippen LogP contribution in [0, 0.1) is 0 Å². The Bertz CT molecular complexity index is 531. The van der Waals surface area contributed by atoms with Gasteiger partial charge in [0.15, 0.2) is 0 Å². The Kier molecular flexibility index (Phi) is 4.48. The molecular weight excluding hydrogens is 304 g/mol. The second-order valence-electron chi connectivity index (χ2n) is 3.85. The number of rotatable bonds is 4. The minimum absolute atomic E-state index is 0.0734. The van der Waals surface area contributed by atoms with Crippen LogP contribution < -0.4 is 5.32 Å². The molecule has 1 atom stereocenters. The molecule has 19 heavy (non-hydrogen) atoms. The summed E-state index contributed by atoms with van der Waals surface area (Å²) < 4.78 is 0.444. The summed E-state index contributed by atoms with van der Waals surface area (Å²) in [4.78, 5) is 24.9. The third kappa shape index (κ3) is 3.28. The van der Waals surface area contributed by atoms with Crippen LogP contribution >= 0.6 is 35.3 Å². The van der Waals surface area contributed by atoms with E-state index < -0.39 is 0 Å². The topological polar surface area (TPSA) is 75.2 Å². The predicted octanol–water partition coefficient (Wildman–Crippen LogP) is 1.29. The number of amides is 2. The molecule has 2 heterocycles. The van der Waals surface area contributed by atoms with E-state index >= 15 is 0 Å². The molecule has 1 aromatic heterocycles. The lowest BCUT2D eigenvalue weighted by atomic mass is 10.4. The van der Waals surface area contributed by atoms with Crippen molar-refractivity contribution in [2.24, 2.45) is 0 Å². The van der Waals surface area contributed by atoms with Gasteiger partial charge in [0.2, 0.25) is 16.9 Å². The molecule has 2 rings (SSSR count). The normalized spacial score (nSPS) is 19.1. The largest absolute Gasteiger partial charge is 0.299 e. The highest BCUT2D eigenvalue weighted by Gasteiger charge is 2.34. The Morgan fingerprint density at radius 2 is 2.26 bits per heavy atom. The van der Waals surface area contributed by atoms with Crippen LogP contribution in [0.25, 0.3) is 0 Å². The summed E-state index contributed by atoms with van der Waals surface area (Å²) in [6.07, 6.45) is 0.774. The maximum atomic E-state index is 11.8. The average Bonchev–Trinajstić information content (AvgIpc) is 2.90. The molecule has 102 valence electrons. The van der Waals surface area contributed by atoms with Gasteiger partial charge in [0.05, 0.1) is 5.25 Å². The van der Waals surface area contributed by atoms with E-state index in [2.05, 4.69) is 15.5 Å². The standard InChI is InChI=1S/C10H12N4O2S3/c1-3-7-12-13-9(19-7)11-6(15)4-14-8(16)5(2)18-10(14)17/h5H,3-4H2,1-2H3,(H,11,13,15). The lowest BCUT2D eigenvalue weighted by Crippen LogP contribution is -2.37. The fourth-order valence-corrected chi connectivity index (χ4v) is 3.56. The first-order valence-corrected chi connectivity index (χ1v) is 7.76. The number of thioether (sulfide) groups is 1. The van der Waals surface area contributed by atoms with Crippen molar-refractivity contribution in [1.82, 2.24) is 15.1 Å². The van der Waals surface area contributed by atoms with E-state index in [9.17, 15) is 9.59 Å². The molecule has 1 aliphatic heterocycles. The van der Waals surface area contributed by atoms with Gasteiger partial charge in [-0.05, 0) is 13.3 Å². The van der Waals surface area contributed by atoms with Crippen molar-refractivity contribution < 1.29 is 9.59 Å². The third-order valence-electron chi connectivity index (χ3n) is 2.43. The van der Waals surface area contributed by atoms with Crippen molar-refractivity contribution >= 4 is 56.6 Å². The number of hydrogen-bond acceptors (Lipinski definition) is 7. The van der Waals surface area contributed by atoms with E-state index in [-0.39, 0.29) is 23.6 Å². The summed E-state index contributed by atoms with van der Waals surface area (Å²) in [6.45, 7) is 3.66. The van der Waals surface area contributed by atoms with Gasteiger partial charge < -0.3 is 0 Å². The van der Waals surface area contributed by atoms with Crippen LogP contribution in [0.1, 0.15) is 18.9 Å². The van der Waals surface area contributed by atoms with Crippen LogP contribution in [-0.4, -0.2) is 43.0 Å². The third-order valence-corrected chi connectivity index (χ3v) is 4.90. The Morgan fingerprint density at radius 1 is 1.53 bits per heavy atom. The van der Waals surface area contributed by atoms with E-state index in [1.807, 2.05) is 6.92 Å². The molecule has 1 saturated heterocycles. The van der Waals surface area contributed by atoms with Gasteiger partial charge in [-0.2, -0.15) is 0 Å². The second kappa shape index (κ2) is 5.93. The van der Waals surface area contributed by atoms with Gasteiger partial charge in [0.1, 0.15) is 15.9 Å². The molecule has 9 heteroatoms. The molecule has 0 spiro atoms. The van der Waals surface area contributed by atoms with Crippen LogP contribution in [0.3, 0.4) is 0 Å². The maximum absolute atomic E-state index is 11.8. The van der Waals surface area contributed by atoms with Gasteiger partial charge in [0.25, 0.3) is 0 Å². The number of aryl methyl sites for hydroxylation is 1. The summed E-state index contributed by atoms with van der Waals surface area (Å²) in [5, 5.41) is 11.5. The zero-order valence-electron chi connectivity index (χ0n) is 10.4. The Balaban J connectivity index is 1.94. The van der Waals surface area contributed by atoms with E-state index in [0.717, 1.165) is 11.4 Å². The number of carbonyl (C=O) groups excluding carboxylic acids is 2. The summed E-state index contributed by atoms with van der Waals surface area (Å²) >= 11 is 7.68. The zero-order valence-corrected chi connectivity index (χ0v) is 12.8. The van der Waals surface area contributed by atoms with Crippen molar-refractivity contribution in [2.45, 2.75) is 25.5 Å². The molecule has 1 aliphatic rings. The molecular formula is C10H12N4O2S3. The molecule has 1 N–H and O–H groups in total. The molecule has 2 amide bonds. The fourth-order valence-electron chi connectivity index (χ4n) is 1.47. The van der Waals surface area contributed by atoms with Gasteiger partial charge in [-0.25, -0.2) is 0 Å². The van der Waals surface area contributed by atoms with Crippen LogP contribution in [0.4, 0.5) is 5.13 Å². The molecule has 6 nitrogen and oxygen atoms in total. The van der Waals surface area contributed by atoms with Crippen LogP contribution in [0.2, 0.25) is 0 Å². The Labute approximate surface area is 124 Å². The van der Waals surface area contributed by atoms with Crippen molar-refractivity contribution in [3.63, 3.8) is 0 Å². The van der Waals surface area contributed by atoms with Crippen molar-refractivity contribution in [3.8, 4) is 0 Å². The number of aromatic nitrogens is 2. The van der Waals surface area contributed by atoms with E-state index in [0.29, 0.717) is 9.45 Å². The predicted molar refractivity (Wildman–Crippen MR) is 79.3 cm³/mol. The number of hydrogen-bond donors (Lipinski definition) is 1. The highest BCUT2D eigenvalue weighted by Crippen LogP contribution is 2.26. The van der Waals surface area contributed by atoms with E-state index in [1.165, 1.54) is 28.0 Å². The summed E-state index contributed by atoms with van der Waals surface area (Å²) in [5.74, 6) is -0.444. The molecule has 1 fully saturated rings. The highest BCUT2D eigenvalue weighted by atomic mass is 32.2. The smallest absolute Gasteiger partial charge is 0.246 e. The number of nitrogens with one attached hydrogen (secondary N) is 1. The van der Waals surface area contributed by atoms with Crippen LogP contribution in [0.15, 0.2) is 0 Å². The molecule has 0 aliphatic carbocycles. The number of anilines is 1. The molecule has 1 unspecified atom stereocenters. The fraction of sp³-hybridized carbons (Fsp3) is 0.500. The first-order chi connectivity index (χ1) is 9.01. The lowest BCUT2D eigenvalue weighted by Gasteiger charge is -2.13. The first-order valence-electron chi connectivity index (χ1n) is 5.65. The number of thiocarbonyl (C=S) groups is 1. The van der Waals surface area contributed by atoms with E-state index in [1.54, 1.807) is 6.92 Å². The zero-order chi connectivity index (χ0) is 14.0. The molecule has 0 aromatic carbocycles. The van der Waals surface area contributed by atoms with Gasteiger partial charge in [0, 0.05) is 0 Å². The molecule has 0 saturated carbocycles. The van der Waals surface area contributed by atoms with Gasteiger partial charge in [-0.1, -0.05) is 42.2 Å². The minimum atomic E-state index is -0.316. The number of carbonyl (C=O) groups is 2. The van der Waals surface area contributed by atoms with Crippen LogP contribution in [0.5, 0.6) is 0 Å². The van der Waals surface area contributed by atoms with Crippen molar-refractivity contribution in [3.05, 3.63) is 5.01 Å². The highest BCUT2D eigenvalue weighted by molar-refractivity contribution is 8.24. The molecule has 0 bridgehead atoms. The van der Waals surface area contributed by atoms with Gasteiger partial charge in [-0.3, -0.25) is 19.8 Å². The minimum Gasteiger partial charge on any atom is -0.299 e. The monoisotopic (exact) mass is 316 g/mol. The quantitative estimate of drug-likeness (QED) is 0.844. The van der Waals surface area contributed by atoms with E-state index in [4.69, 9.17) is 12.2 Å². The first kappa shape index (κ1) is 14.4. The number of nitrogens with zero attached hydrogens (tertiary/aromatic N) is 3. The summed E-state index contributed by atoms with van der Waals surface area (Å²) in [5.41, 5.74) is 0. The summed E-state index contributed by atoms with van der Waals surface area (Å²) in [6, 6.07) is 0. The maximum Gasteiger partial charge on any atom is 0.246 e.